The molecule has 0 aromatic heterocycles. The van der Waals surface area contributed by atoms with Crippen LogP contribution in [0.25, 0.3) is 0 Å². The predicted octanol–water partition coefficient (Wildman–Crippen LogP) is 5.07. The zero-order valence-electron chi connectivity index (χ0n) is 20.3. The monoisotopic (exact) mass is 474 g/mol. The Balaban J connectivity index is 1.53. The summed E-state index contributed by atoms with van der Waals surface area (Å²) in [7, 11) is 0. The highest BCUT2D eigenvalue weighted by molar-refractivity contribution is 6.04. The summed E-state index contributed by atoms with van der Waals surface area (Å²) < 4.78 is 10.9. The minimum Gasteiger partial charge on any atom is -0.481 e. The normalized spacial score (nSPS) is 11.5. The average Bonchev–Trinajstić information content (AvgIpc) is 2.83. The van der Waals surface area contributed by atoms with Gasteiger partial charge in [0.15, 0.2) is 6.10 Å². The number of ether oxygens (including phenoxy) is 2. The van der Waals surface area contributed by atoms with Crippen molar-refractivity contribution in [2.45, 2.75) is 46.3 Å². The molecule has 0 spiro atoms. The van der Waals surface area contributed by atoms with E-state index in [2.05, 4.69) is 24.5 Å². The Hall–Kier alpha value is -4.13. The van der Waals surface area contributed by atoms with Crippen molar-refractivity contribution in [3.8, 4) is 11.5 Å². The van der Waals surface area contributed by atoms with Crippen LogP contribution in [0, 0.1) is 0 Å². The van der Waals surface area contributed by atoms with Crippen LogP contribution < -0.4 is 20.1 Å². The number of carbonyl (C=O) groups is 3. The minimum atomic E-state index is -0.642. The molecule has 0 fully saturated rings. The fourth-order valence-electron chi connectivity index (χ4n) is 3.42. The van der Waals surface area contributed by atoms with E-state index in [0.29, 0.717) is 35.2 Å². The van der Waals surface area contributed by atoms with Gasteiger partial charge in [-0.1, -0.05) is 50.2 Å². The van der Waals surface area contributed by atoms with Crippen LogP contribution in [0.1, 0.15) is 55.1 Å². The lowest BCUT2D eigenvalue weighted by Gasteiger charge is -2.18. The fourth-order valence-corrected chi connectivity index (χ4v) is 3.42. The second-order valence-electron chi connectivity index (χ2n) is 8.44. The molecule has 0 saturated heterocycles. The fraction of sp³-hybridized carbons (Fsp3) is 0.250. The van der Waals surface area contributed by atoms with Crippen molar-refractivity contribution in [3.05, 3.63) is 89.5 Å². The average molecular weight is 475 g/mol. The summed E-state index contributed by atoms with van der Waals surface area (Å²) in [6.45, 7) is 7.52. The maximum atomic E-state index is 12.5. The van der Waals surface area contributed by atoms with Crippen molar-refractivity contribution in [1.82, 2.24) is 5.32 Å². The molecule has 3 aromatic rings. The highest BCUT2D eigenvalue weighted by Crippen LogP contribution is 2.26. The number of rotatable bonds is 9. The molecule has 0 radical (unpaired) electrons. The maximum Gasteiger partial charge on any atom is 0.308 e. The molecule has 1 unspecified atom stereocenters. The third-order valence-electron chi connectivity index (χ3n) is 5.25. The lowest BCUT2D eigenvalue weighted by atomic mass is 10.0. The van der Waals surface area contributed by atoms with Crippen LogP contribution in [0.15, 0.2) is 72.8 Å². The van der Waals surface area contributed by atoms with Crippen molar-refractivity contribution >= 4 is 23.5 Å². The van der Waals surface area contributed by atoms with Crippen molar-refractivity contribution < 1.29 is 23.9 Å². The molecule has 0 aliphatic carbocycles. The van der Waals surface area contributed by atoms with Gasteiger partial charge in [-0.05, 0) is 60.4 Å². The molecule has 1 atom stereocenters. The standard InChI is InChI=1S/C28H30N2O5/c1-18(2)25-10-5-6-11-26(25)34-19(3)27(32)29-17-21-12-14-23(15-13-21)30-28(33)22-8-7-9-24(16-22)35-20(4)31/h5-16,18-19H,17H2,1-4H3,(H,29,32)(H,30,33). The Morgan fingerprint density at radius 1 is 0.886 bits per heavy atom. The molecule has 7 heteroatoms. The lowest BCUT2D eigenvalue weighted by molar-refractivity contribution is -0.132. The number of nitrogens with one attached hydrogen (secondary N) is 2. The first-order chi connectivity index (χ1) is 16.7. The third-order valence-corrected chi connectivity index (χ3v) is 5.25. The van der Waals surface area contributed by atoms with E-state index < -0.39 is 12.1 Å². The number of benzene rings is 3. The first kappa shape index (κ1) is 25.5. The van der Waals surface area contributed by atoms with Gasteiger partial charge < -0.3 is 20.1 Å². The summed E-state index contributed by atoms with van der Waals surface area (Å²) >= 11 is 0. The molecule has 2 N–H and O–H groups in total. The Morgan fingerprint density at radius 3 is 2.29 bits per heavy atom. The summed E-state index contributed by atoms with van der Waals surface area (Å²) in [4.78, 5) is 36.2. The van der Waals surface area contributed by atoms with Crippen LogP contribution in [-0.4, -0.2) is 23.9 Å². The SMILES string of the molecule is CC(=O)Oc1cccc(C(=O)Nc2ccc(CNC(=O)C(C)Oc3ccccc3C(C)C)cc2)c1. The predicted molar refractivity (Wildman–Crippen MR) is 135 cm³/mol. The number of esters is 1. The van der Waals surface area contributed by atoms with E-state index in [9.17, 15) is 14.4 Å². The lowest BCUT2D eigenvalue weighted by Crippen LogP contribution is -2.36. The summed E-state index contributed by atoms with van der Waals surface area (Å²) in [5, 5.41) is 5.69. The quantitative estimate of drug-likeness (QED) is 0.334. The highest BCUT2D eigenvalue weighted by Gasteiger charge is 2.17. The van der Waals surface area contributed by atoms with Crippen LogP contribution in [0.2, 0.25) is 0 Å². The molecular formula is C28H30N2O5. The van der Waals surface area contributed by atoms with E-state index in [0.717, 1.165) is 11.1 Å². The smallest absolute Gasteiger partial charge is 0.308 e. The molecule has 0 aliphatic rings. The summed E-state index contributed by atoms with van der Waals surface area (Å²) in [5.74, 6) is 0.317. The summed E-state index contributed by atoms with van der Waals surface area (Å²) in [6, 6.07) is 21.3. The van der Waals surface area contributed by atoms with Crippen molar-refractivity contribution in [1.29, 1.82) is 0 Å². The van der Waals surface area contributed by atoms with Crippen molar-refractivity contribution in [3.63, 3.8) is 0 Å². The number of amides is 2. The molecule has 35 heavy (non-hydrogen) atoms. The largest absolute Gasteiger partial charge is 0.481 e. The Kier molecular flexibility index (Phi) is 8.62. The van der Waals surface area contributed by atoms with Gasteiger partial charge in [0.2, 0.25) is 0 Å². The molecule has 3 aromatic carbocycles. The minimum absolute atomic E-state index is 0.214. The van der Waals surface area contributed by atoms with Gasteiger partial charge in [0.25, 0.3) is 11.8 Å². The molecule has 0 aliphatic heterocycles. The Bertz CT molecular complexity index is 1190. The second kappa shape index (κ2) is 11.8. The van der Waals surface area contributed by atoms with Crippen molar-refractivity contribution in [2.75, 3.05) is 5.32 Å². The van der Waals surface area contributed by atoms with Crippen LogP contribution in [-0.2, 0) is 16.1 Å². The first-order valence-corrected chi connectivity index (χ1v) is 11.4. The molecule has 182 valence electrons. The van der Waals surface area contributed by atoms with E-state index in [1.165, 1.54) is 13.0 Å². The zero-order valence-corrected chi connectivity index (χ0v) is 20.3. The van der Waals surface area contributed by atoms with E-state index in [1.54, 1.807) is 37.3 Å². The van der Waals surface area contributed by atoms with Crippen molar-refractivity contribution in [2.24, 2.45) is 0 Å². The number of para-hydroxylation sites is 1. The Morgan fingerprint density at radius 2 is 1.60 bits per heavy atom. The summed E-state index contributed by atoms with van der Waals surface area (Å²) in [6.07, 6.45) is -0.642. The van der Waals surface area contributed by atoms with Crippen LogP contribution in [0.3, 0.4) is 0 Å². The third kappa shape index (κ3) is 7.43. The van der Waals surface area contributed by atoms with Gasteiger partial charge in [0.05, 0.1) is 0 Å². The second-order valence-corrected chi connectivity index (χ2v) is 8.44. The summed E-state index contributed by atoms with van der Waals surface area (Å²) in [5.41, 5.74) is 2.91. The molecular weight excluding hydrogens is 444 g/mol. The maximum absolute atomic E-state index is 12.5. The molecule has 0 saturated carbocycles. The van der Waals surface area contributed by atoms with Crippen LogP contribution in [0.4, 0.5) is 5.69 Å². The van der Waals surface area contributed by atoms with Crippen LogP contribution >= 0.6 is 0 Å². The van der Waals surface area contributed by atoms with Gasteiger partial charge in [-0.25, -0.2) is 0 Å². The highest BCUT2D eigenvalue weighted by atomic mass is 16.5. The van der Waals surface area contributed by atoms with E-state index in [1.807, 2.05) is 36.4 Å². The van der Waals surface area contributed by atoms with Crippen LogP contribution in [0.5, 0.6) is 11.5 Å². The van der Waals surface area contributed by atoms with Gasteiger partial charge in [0, 0.05) is 24.7 Å². The molecule has 0 bridgehead atoms. The number of hydrogen-bond donors (Lipinski definition) is 2. The Labute approximate surface area is 205 Å². The van der Waals surface area contributed by atoms with E-state index in [4.69, 9.17) is 9.47 Å². The van der Waals surface area contributed by atoms with Gasteiger partial charge >= 0.3 is 5.97 Å². The number of hydrogen-bond acceptors (Lipinski definition) is 5. The van der Waals surface area contributed by atoms with Gasteiger partial charge in [0.1, 0.15) is 11.5 Å². The van der Waals surface area contributed by atoms with Gasteiger partial charge in [-0.3, -0.25) is 14.4 Å². The molecule has 2 amide bonds. The molecule has 7 nitrogen and oxygen atoms in total. The molecule has 0 heterocycles. The van der Waals surface area contributed by atoms with Gasteiger partial charge in [-0.15, -0.1) is 0 Å². The molecule has 3 rings (SSSR count). The topological polar surface area (TPSA) is 93.7 Å². The number of anilines is 1. The first-order valence-electron chi connectivity index (χ1n) is 11.4. The van der Waals surface area contributed by atoms with Gasteiger partial charge in [-0.2, -0.15) is 0 Å². The van der Waals surface area contributed by atoms with E-state index in [-0.39, 0.29) is 11.8 Å². The number of carbonyl (C=O) groups excluding carboxylic acids is 3. The zero-order chi connectivity index (χ0) is 25.4. The van der Waals surface area contributed by atoms with E-state index >= 15 is 0 Å².